The predicted octanol–water partition coefficient (Wildman–Crippen LogP) is 2.20. The van der Waals surface area contributed by atoms with Gasteiger partial charge in [0.2, 0.25) is 11.7 Å². The molecule has 0 atom stereocenters. The quantitative estimate of drug-likeness (QED) is 0.876. The number of rotatable bonds is 5. The first-order valence-corrected chi connectivity index (χ1v) is 5.97. The largest absolute Gasteiger partial charge is 0.492 e. The number of nitrogens with zero attached hydrogens (tertiary/aromatic N) is 2. The van der Waals surface area contributed by atoms with Crippen LogP contribution >= 0.6 is 0 Å². The van der Waals surface area contributed by atoms with E-state index in [2.05, 4.69) is 10.1 Å². The number of hydrogen-bond acceptors (Lipinski definition) is 5. The lowest BCUT2D eigenvalue weighted by Crippen LogP contribution is -2.10. The van der Waals surface area contributed by atoms with Gasteiger partial charge in [0.1, 0.15) is 12.4 Å². The van der Waals surface area contributed by atoms with Crippen LogP contribution in [-0.2, 0) is 0 Å². The van der Waals surface area contributed by atoms with Crippen molar-refractivity contribution in [2.45, 2.75) is 19.8 Å². The van der Waals surface area contributed by atoms with E-state index >= 15 is 0 Å². The first-order valence-electron chi connectivity index (χ1n) is 5.97. The van der Waals surface area contributed by atoms with Crippen molar-refractivity contribution < 1.29 is 9.26 Å². The highest BCUT2D eigenvalue weighted by Crippen LogP contribution is 2.23. The summed E-state index contributed by atoms with van der Waals surface area (Å²) in [6, 6.07) is 7.57. The molecule has 96 valence electrons. The van der Waals surface area contributed by atoms with Gasteiger partial charge in [0.05, 0.1) is 0 Å². The van der Waals surface area contributed by atoms with Crippen LogP contribution in [0, 0.1) is 0 Å². The number of benzene rings is 1. The second-order valence-corrected chi connectivity index (χ2v) is 4.28. The molecule has 5 heteroatoms. The molecule has 0 spiro atoms. The van der Waals surface area contributed by atoms with Crippen LogP contribution in [0.15, 0.2) is 28.8 Å². The smallest absolute Gasteiger partial charge is 0.229 e. The Labute approximate surface area is 106 Å². The molecule has 0 fully saturated rings. The van der Waals surface area contributed by atoms with Gasteiger partial charge >= 0.3 is 0 Å². The molecule has 1 aromatic heterocycles. The highest BCUT2D eigenvalue weighted by atomic mass is 16.5. The number of aromatic nitrogens is 2. The maximum atomic E-state index is 5.46. The number of hydrogen-bond donors (Lipinski definition) is 1. The summed E-state index contributed by atoms with van der Waals surface area (Å²) in [6.07, 6.45) is 0. The Bertz CT molecular complexity index is 508. The zero-order valence-corrected chi connectivity index (χ0v) is 10.6. The van der Waals surface area contributed by atoms with Crippen molar-refractivity contribution in [2.75, 3.05) is 13.2 Å². The molecular weight excluding hydrogens is 230 g/mol. The van der Waals surface area contributed by atoms with E-state index in [1.54, 1.807) is 0 Å². The summed E-state index contributed by atoms with van der Waals surface area (Å²) in [7, 11) is 0. The second-order valence-electron chi connectivity index (χ2n) is 4.28. The molecule has 0 aliphatic rings. The predicted molar refractivity (Wildman–Crippen MR) is 68.4 cm³/mol. The monoisotopic (exact) mass is 247 g/mol. The maximum absolute atomic E-state index is 5.46. The van der Waals surface area contributed by atoms with Crippen molar-refractivity contribution in [3.8, 4) is 17.1 Å². The summed E-state index contributed by atoms with van der Waals surface area (Å²) in [5, 5.41) is 3.96. The third kappa shape index (κ3) is 2.87. The van der Waals surface area contributed by atoms with E-state index in [0.717, 1.165) is 11.3 Å². The van der Waals surface area contributed by atoms with Gasteiger partial charge < -0.3 is 15.0 Å². The van der Waals surface area contributed by atoms with Crippen LogP contribution in [0.5, 0.6) is 5.75 Å². The molecule has 18 heavy (non-hydrogen) atoms. The third-order valence-corrected chi connectivity index (χ3v) is 2.41. The molecule has 0 aliphatic carbocycles. The Kier molecular flexibility index (Phi) is 3.94. The van der Waals surface area contributed by atoms with E-state index in [1.807, 2.05) is 38.1 Å². The first-order chi connectivity index (χ1) is 8.70. The van der Waals surface area contributed by atoms with Crippen LogP contribution in [-0.4, -0.2) is 23.3 Å². The van der Waals surface area contributed by atoms with Crippen LogP contribution < -0.4 is 10.5 Å². The van der Waals surface area contributed by atoms with Gasteiger partial charge in [-0.15, -0.1) is 0 Å². The van der Waals surface area contributed by atoms with Crippen LogP contribution in [0.4, 0.5) is 0 Å². The lowest BCUT2D eigenvalue weighted by atomic mass is 10.2. The Hall–Kier alpha value is -1.88. The van der Waals surface area contributed by atoms with Gasteiger partial charge in [0.15, 0.2) is 0 Å². The Morgan fingerprint density at radius 2 is 2.22 bits per heavy atom. The minimum Gasteiger partial charge on any atom is -0.492 e. The van der Waals surface area contributed by atoms with Crippen LogP contribution in [0.3, 0.4) is 0 Å². The molecule has 0 amide bonds. The lowest BCUT2D eigenvalue weighted by Gasteiger charge is -2.04. The molecule has 1 heterocycles. The maximum Gasteiger partial charge on any atom is 0.229 e. The van der Waals surface area contributed by atoms with Gasteiger partial charge in [-0.2, -0.15) is 4.98 Å². The molecule has 0 unspecified atom stereocenters. The van der Waals surface area contributed by atoms with E-state index in [0.29, 0.717) is 24.9 Å². The summed E-state index contributed by atoms with van der Waals surface area (Å²) in [5.74, 6) is 2.20. The summed E-state index contributed by atoms with van der Waals surface area (Å²) in [4.78, 5) is 4.34. The molecule has 0 bridgehead atoms. The Morgan fingerprint density at radius 1 is 1.39 bits per heavy atom. The normalized spacial score (nSPS) is 10.9. The minimum absolute atomic E-state index is 0.225. The summed E-state index contributed by atoms with van der Waals surface area (Å²) < 4.78 is 10.6. The molecule has 2 aromatic rings. The fourth-order valence-electron chi connectivity index (χ4n) is 1.49. The Balaban J connectivity index is 2.21. The fraction of sp³-hybridized carbons (Fsp3) is 0.385. The molecule has 2 N–H and O–H groups in total. The first kappa shape index (κ1) is 12.6. The number of nitrogens with two attached hydrogens (primary N) is 1. The molecule has 0 saturated heterocycles. The summed E-state index contributed by atoms with van der Waals surface area (Å²) >= 11 is 0. The Morgan fingerprint density at radius 3 is 2.89 bits per heavy atom. The van der Waals surface area contributed by atoms with Gasteiger partial charge in [-0.05, 0) is 12.1 Å². The molecule has 0 aliphatic heterocycles. The molecule has 2 rings (SSSR count). The standard InChI is InChI=1S/C13H17N3O2/c1-9(2)13-15-12(16-18-13)10-4-3-5-11(8-10)17-7-6-14/h3-5,8-9H,6-7,14H2,1-2H3. The third-order valence-electron chi connectivity index (χ3n) is 2.41. The SMILES string of the molecule is CC(C)c1nc(-c2cccc(OCCN)c2)no1. The zero-order valence-electron chi connectivity index (χ0n) is 10.6. The molecular formula is C13H17N3O2. The molecule has 0 radical (unpaired) electrons. The van der Waals surface area contributed by atoms with E-state index in [-0.39, 0.29) is 5.92 Å². The highest BCUT2D eigenvalue weighted by Gasteiger charge is 2.11. The van der Waals surface area contributed by atoms with E-state index in [4.69, 9.17) is 15.0 Å². The average Bonchev–Trinajstić information content (AvgIpc) is 2.86. The van der Waals surface area contributed by atoms with E-state index < -0.39 is 0 Å². The zero-order chi connectivity index (χ0) is 13.0. The van der Waals surface area contributed by atoms with Crippen molar-refractivity contribution in [3.63, 3.8) is 0 Å². The highest BCUT2D eigenvalue weighted by molar-refractivity contribution is 5.56. The van der Waals surface area contributed by atoms with Gasteiger partial charge in [-0.1, -0.05) is 31.1 Å². The fourth-order valence-corrected chi connectivity index (χ4v) is 1.49. The van der Waals surface area contributed by atoms with Crippen LogP contribution in [0.1, 0.15) is 25.7 Å². The van der Waals surface area contributed by atoms with Gasteiger partial charge in [-0.3, -0.25) is 0 Å². The van der Waals surface area contributed by atoms with E-state index in [1.165, 1.54) is 0 Å². The van der Waals surface area contributed by atoms with Crippen molar-refractivity contribution >= 4 is 0 Å². The molecule has 1 aromatic carbocycles. The minimum atomic E-state index is 0.225. The van der Waals surface area contributed by atoms with Crippen molar-refractivity contribution in [3.05, 3.63) is 30.2 Å². The summed E-state index contributed by atoms with van der Waals surface area (Å²) in [5.41, 5.74) is 6.27. The van der Waals surface area contributed by atoms with Crippen LogP contribution in [0.2, 0.25) is 0 Å². The molecule has 0 saturated carbocycles. The second kappa shape index (κ2) is 5.64. The van der Waals surface area contributed by atoms with E-state index in [9.17, 15) is 0 Å². The van der Waals surface area contributed by atoms with Crippen molar-refractivity contribution in [1.29, 1.82) is 0 Å². The lowest BCUT2D eigenvalue weighted by molar-refractivity contribution is 0.328. The average molecular weight is 247 g/mol. The topological polar surface area (TPSA) is 74.2 Å². The van der Waals surface area contributed by atoms with Crippen molar-refractivity contribution in [1.82, 2.24) is 10.1 Å². The van der Waals surface area contributed by atoms with Crippen LogP contribution in [0.25, 0.3) is 11.4 Å². The van der Waals surface area contributed by atoms with Gasteiger partial charge in [0, 0.05) is 18.0 Å². The molecule has 5 nitrogen and oxygen atoms in total. The van der Waals surface area contributed by atoms with Gasteiger partial charge in [-0.25, -0.2) is 0 Å². The number of ether oxygens (including phenoxy) is 1. The van der Waals surface area contributed by atoms with Gasteiger partial charge in [0.25, 0.3) is 0 Å². The summed E-state index contributed by atoms with van der Waals surface area (Å²) in [6.45, 7) is 5.01. The van der Waals surface area contributed by atoms with Crippen molar-refractivity contribution in [2.24, 2.45) is 5.73 Å².